The van der Waals surface area contributed by atoms with Crippen molar-refractivity contribution in [2.75, 3.05) is 44.2 Å². The molecule has 142 valence electrons. The van der Waals surface area contributed by atoms with Gasteiger partial charge in [0, 0.05) is 50.9 Å². The van der Waals surface area contributed by atoms with E-state index in [1.807, 2.05) is 4.90 Å². The Kier molecular flexibility index (Phi) is 5.98. The summed E-state index contributed by atoms with van der Waals surface area (Å²) in [6.07, 6.45) is 3.40. The van der Waals surface area contributed by atoms with Gasteiger partial charge in [0.25, 0.3) is 5.69 Å². The number of nitro benzene ring substituents is 1. The van der Waals surface area contributed by atoms with Crippen LogP contribution in [-0.4, -0.2) is 65.9 Å². The third kappa shape index (κ3) is 4.27. The summed E-state index contributed by atoms with van der Waals surface area (Å²) in [5.74, 6) is 0.221. The molecule has 1 aromatic carbocycles. The minimum Gasteiger partial charge on any atom is -0.368 e. The van der Waals surface area contributed by atoms with Crippen LogP contribution < -0.4 is 4.90 Å². The smallest absolute Gasteiger partial charge is 0.271 e. The maximum atomic E-state index is 12.6. The maximum absolute atomic E-state index is 12.6. The summed E-state index contributed by atoms with van der Waals surface area (Å²) in [7, 11) is 0. The predicted molar refractivity (Wildman–Crippen MR) is 102 cm³/mol. The molecule has 1 unspecified atom stereocenters. The largest absolute Gasteiger partial charge is 0.368 e. The number of nitro groups is 1. The second-order valence-corrected chi connectivity index (χ2v) is 7.50. The van der Waals surface area contributed by atoms with Gasteiger partial charge in [-0.15, -0.1) is 0 Å². The molecule has 0 saturated carbocycles. The lowest BCUT2D eigenvalue weighted by Gasteiger charge is -2.38. The first-order valence-corrected chi connectivity index (χ1v) is 9.54. The Bertz CT molecular complexity index is 676. The van der Waals surface area contributed by atoms with Gasteiger partial charge in [-0.05, 0) is 32.3 Å². The Labute approximate surface area is 158 Å². The highest BCUT2D eigenvalue weighted by Crippen LogP contribution is 2.30. The van der Waals surface area contributed by atoms with Crippen molar-refractivity contribution in [1.82, 2.24) is 9.80 Å². The molecule has 7 nitrogen and oxygen atoms in total. The molecule has 2 saturated heterocycles. The number of halogens is 1. The van der Waals surface area contributed by atoms with E-state index in [9.17, 15) is 14.9 Å². The zero-order chi connectivity index (χ0) is 18.7. The highest BCUT2D eigenvalue weighted by atomic mass is 35.5. The van der Waals surface area contributed by atoms with Gasteiger partial charge < -0.3 is 9.80 Å². The number of rotatable bonds is 4. The van der Waals surface area contributed by atoms with Crippen LogP contribution in [-0.2, 0) is 4.79 Å². The van der Waals surface area contributed by atoms with Crippen LogP contribution >= 0.6 is 11.6 Å². The fraction of sp³-hybridized carbons (Fsp3) is 0.611. The molecule has 0 spiro atoms. The molecule has 0 aromatic heterocycles. The summed E-state index contributed by atoms with van der Waals surface area (Å²) in [5, 5.41) is 11.2. The van der Waals surface area contributed by atoms with Crippen LogP contribution in [0.4, 0.5) is 11.4 Å². The summed E-state index contributed by atoms with van der Waals surface area (Å²) in [4.78, 5) is 29.3. The Hall–Kier alpha value is -1.86. The Morgan fingerprint density at radius 1 is 1.23 bits per heavy atom. The molecule has 1 aromatic rings. The Balaban J connectivity index is 1.54. The molecule has 0 bridgehead atoms. The molecular weight excluding hydrogens is 356 g/mol. The van der Waals surface area contributed by atoms with Crippen molar-refractivity contribution < 1.29 is 9.72 Å². The first-order valence-electron chi connectivity index (χ1n) is 9.16. The highest BCUT2D eigenvalue weighted by Gasteiger charge is 2.26. The van der Waals surface area contributed by atoms with Gasteiger partial charge in [-0.2, -0.15) is 0 Å². The average molecular weight is 381 g/mol. The van der Waals surface area contributed by atoms with E-state index in [1.54, 1.807) is 6.07 Å². The zero-order valence-corrected chi connectivity index (χ0v) is 15.8. The molecule has 2 aliphatic heterocycles. The van der Waals surface area contributed by atoms with Crippen molar-refractivity contribution in [3.05, 3.63) is 33.3 Å². The van der Waals surface area contributed by atoms with Gasteiger partial charge in [0.05, 0.1) is 22.2 Å². The summed E-state index contributed by atoms with van der Waals surface area (Å²) >= 11 is 6.22. The quantitative estimate of drug-likeness (QED) is 0.593. The molecule has 3 rings (SSSR count). The van der Waals surface area contributed by atoms with E-state index >= 15 is 0 Å². The number of anilines is 1. The lowest BCUT2D eigenvalue weighted by atomic mass is 10.0. The predicted octanol–water partition coefficient (Wildman–Crippen LogP) is 2.77. The minimum absolute atomic E-state index is 0.00126. The first-order chi connectivity index (χ1) is 12.5. The molecule has 2 heterocycles. The van der Waals surface area contributed by atoms with Crippen molar-refractivity contribution in [3.63, 3.8) is 0 Å². The zero-order valence-electron chi connectivity index (χ0n) is 15.1. The van der Waals surface area contributed by atoms with E-state index in [2.05, 4.69) is 16.7 Å². The lowest BCUT2D eigenvalue weighted by Crippen LogP contribution is -2.52. The van der Waals surface area contributed by atoms with Crippen LogP contribution in [0.1, 0.15) is 26.2 Å². The van der Waals surface area contributed by atoms with E-state index < -0.39 is 4.92 Å². The summed E-state index contributed by atoms with van der Waals surface area (Å²) in [6, 6.07) is 4.92. The molecule has 26 heavy (non-hydrogen) atoms. The number of piperazine rings is 1. The van der Waals surface area contributed by atoms with Gasteiger partial charge in [-0.3, -0.25) is 19.8 Å². The number of carbonyl (C=O) groups excluding carboxylic acids is 1. The van der Waals surface area contributed by atoms with Crippen molar-refractivity contribution in [3.8, 4) is 0 Å². The number of benzene rings is 1. The average Bonchev–Trinajstić information content (AvgIpc) is 2.62. The number of non-ortho nitro benzene ring substituents is 1. The standard InChI is InChI=1S/C18H25ClN4O3/c1-14-4-2-3-7-22(14)18(24)13-20-8-10-21(11-9-20)17-6-5-15(23(25)26)12-16(17)19/h5-6,12,14H,2-4,7-11,13H2,1H3. The lowest BCUT2D eigenvalue weighted by molar-refractivity contribution is -0.384. The van der Waals surface area contributed by atoms with Crippen LogP contribution in [0.2, 0.25) is 5.02 Å². The van der Waals surface area contributed by atoms with Gasteiger partial charge in [-0.1, -0.05) is 11.6 Å². The van der Waals surface area contributed by atoms with Crippen molar-refractivity contribution in [2.24, 2.45) is 0 Å². The SMILES string of the molecule is CC1CCCCN1C(=O)CN1CCN(c2ccc([N+](=O)[O-])cc2Cl)CC1. The van der Waals surface area contributed by atoms with Crippen molar-refractivity contribution in [1.29, 1.82) is 0 Å². The fourth-order valence-corrected chi connectivity index (χ4v) is 4.06. The molecule has 0 aliphatic carbocycles. The van der Waals surface area contributed by atoms with E-state index in [0.29, 0.717) is 17.6 Å². The number of carbonyl (C=O) groups is 1. The van der Waals surface area contributed by atoms with E-state index in [0.717, 1.165) is 51.3 Å². The van der Waals surface area contributed by atoms with Gasteiger partial charge in [-0.25, -0.2) is 0 Å². The normalized spacial score (nSPS) is 21.7. The number of amides is 1. The van der Waals surface area contributed by atoms with Crippen LogP contribution in [0.25, 0.3) is 0 Å². The Morgan fingerprint density at radius 2 is 1.96 bits per heavy atom. The molecule has 0 N–H and O–H groups in total. The maximum Gasteiger partial charge on any atom is 0.271 e. The van der Waals surface area contributed by atoms with Gasteiger partial charge in [0.2, 0.25) is 5.91 Å². The van der Waals surface area contributed by atoms with Gasteiger partial charge in [0.1, 0.15) is 0 Å². The molecule has 1 atom stereocenters. The Morgan fingerprint density at radius 3 is 2.58 bits per heavy atom. The van der Waals surface area contributed by atoms with Crippen LogP contribution in [0.15, 0.2) is 18.2 Å². The second-order valence-electron chi connectivity index (χ2n) is 7.09. The van der Waals surface area contributed by atoms with Gasteiger partial charge in [0.15, 0.2) is 0 Å². The fourth-order valence-electron chi connectivity index (χ4n) is 3.76. The molecule has 8 heteroatoms. The molecule has 2 aliphatic rings. The van der Waals surface area contributed by atoms with Crippen LogP contribution in [0, 0.1) is 10.1 Å². The number of hydrogen-bond acceptors (Lipinski definition) is 5. The first kappa shape index (κ1) is 18.9. The van der Waals surface area contributed by atoms with E-state index in [4.69, 9.17) is 11.6 Å². The summed E-state index contributed by atoms with van der Waals surface area (Å²) in [6.45, 7) is 6.53. The number of piperidine rings is 1. The monoisotopic (exact) mass is 380 g/mol. The summed E-state index contributed by atoms with van der Waals surface area (Å²) in [5.41, 5.74) is 0.812. The van der Waals surface area contributed by atoms with E-state index in [-0.39, 0.29) is 11.6 Å². The molecule has 2 fully saturated rings. The van der Waals surface area contributed by atoms with Crippen molar-refractivity contribution >= 4 is 28.9 Å². The van der Waals surface area contributed by atoms with E-state index in [1.165, 1.54) is 18.6 Å². The molecule has 0 radical (unpaired) electrons. The topological polar surface area (TPSA) is 69.9 Å². The number of hydrogen-bond donors (Lipinski definition) is 0. The molecule has 1 amide bonds. The second kappa shape index (κ2) is 8.22. The van der Waals surface area contributed by atoms with Crippen molar-refractivity contribution in [2.45, 2.75) is 32.2 Å². The highest BCUT2D eigenvalue weighted by molar-refractivity contribution is 6.33. The third-order valence-electron chi connectivity index (χ3n) is 5.34. The minimum atomic E-state index is -0.444. The molecular formula is C18H25ClN4O3. The van der Waals surface area contributed by atoms with Crippen LogP contribution in [0.3, 0.4) is 0 Å². The number of nitrogens with zero attached hydrogens (tertiary/aromatic N) is 4. The third-order valence-corrected chi connectivity index (χ3v) is 5.64. The van der Waals surface area contributed by atoms with Crippen LogP contribution in [0.5, 0.6) is 0 Å². The summed E-state index contributed by atoms with van der Waals surface area (Å²) < 4.78 is 0. The van der Waals surface area contributed by atoms with Gasteiger partial charge >= 0.3 is 0 Å². The number of likely N-dealkylation sites (tertiary alicyclic amines) is 1.